The third-order valence-corrected chi connectivity index (χ3v) is 4.53. The second-order valence-electron chi connectivity index (χ2n) is 3.93. The molecule has 15 heavy (non-hydrogen) atoms. The predicted octanol–water partition coefficient (Wildman–Crippen LogP) is 0.921. The summed E-state index contributed by atoms with van der Waals surface area (Å²) in [5.41, 5.74) is -1.89. The fourth-order valence-electron chi connectivity index (χ4n) is 1.92. The molecule has 1 atom stereocenters. The van der Waals surface area contributed by atoms with Gasteiger partial charge in [-0.1, -0.05) is 0 Å². The summed E-state index contributed by atoms with van der Waals surface area (Å²) in [6.45, 7) is 0. The summed E-state index contributed by atoms with van der Waals surface area (Å²) in [5, 5.41) is 8.52. The zero-order valence-electron chi connectivity index (χ0n) is 7.95. The van der Waals surface area contributed by atoms with Crippen molar-refractivity contribution < 1.29 is 27.1 Å². The van der Waals surface area contributed by atoms with Crippen LogP contribution in [0.4, 0.5) is 8.78 Å². The van der Waals surface area contributed by atoms with Crippen LogP contribution in [0.5, 0.6) is 0 Å². The van der Waals surface area contributed by atoms with Gasteiger partial charge in [0.1, 0.15) is 0 Å². The standard InChI is InChI=1S/C8H12F2O4S/c9-7(10)8(4-6(11)12)2-1-3-15(13,14)5-8/h7H,1-5H2,(H,11,12). The fourth-order valence-corrected chi connectivity index (χ4v) is 3.89. The highest BCUT2D eigenvalue weighted by atomic mass is 32.2. The highest BCUT2D eigenvalue weighted by Crippen LogP contribution is 2.40. The molecule has 7 heteroatoms. The Bertz CT molecular complexity index is 352. The third kappa shape index (κ3) is 2.87. The fraction of sp³-hybridized carbons (Fsp3) is 0.875. The van der Waals surface area contributed by atoms with Gasteiger partial charge in [-0.15, -0.1) is 0 Å². The largest absolute Gasteiger partial charge is 0.481 e. The maximum Gasteiger partial charge on any atom is 0.304 e. The van der Waals surface area contributed by atoms with Gasteiger partial charge < -0.3 is 5.11 Å². The molecule has 0 amide bonds. The van der Waals surface area contributed by atoms with E-state index in [2.05, 4.69) is 0 Å². The Morgan fingerprint density at radius 3 is 2.47 bits per heavy atom. The Balaban J connectivity index is 2.95. The molecule has 0 aliphatic carbocycles. The first-order valence-corrected chi connectivity index (χ1v) is 6.30. The average Bonchev–Trinajstić information content (AvgIpc) is 1.99. The molecule has 4 nitrogen and oxygen atoms in total. The molecule has 0 saturated carbocycles. The number of carboxylic acid groups (broad SMARTS) is 1. The Morgan fingerprint density at radius 1 is 1.47 bits per heavy atom. The number of hydrogen-bond donors (Lipinski definition) is 1. The van der Waals surface area contributed by atoms with Crippen molar-refractivity contribution in [3.05, 3.63) is 0 Å². The molecule has 0 bridgehead atoms. The van der Waals surface area contributed by atoms with Gasteiger partial charge in [0, 0.05) is 0 Å². The molecule has 1 heterocycles. The Labute approximate surface area is 86.2 Å². The molecule has 88 valence electrons. The molecule has 0 radical (unpaired) electrons. The van der Waals surface area contributed by atoms with Crippen molar-refractivity contribution in [3.63, 3.8) is 0 Å². The summed E-state index contributed by atoms with van der Waals surface area (Å²) >= 11 is 0. The van der Waals surface area contributed by atoms with Gasteiger partial charge >= 0.3 is 5.97 Å². The number of carboxylic acids is 1. The first-order valence-electron chi connectivity index (χ1n) is 4.48. The molecule has 1 aliphatic heterocycles. The molecule has 0 aromatic heterocycles. The SMILES string of the molecule is O=C(O)CC1(C(F)F)CCCS(=O)(=O)C1. The lowest BCUT2D eigenvalue weighted by molar-refractivity contribution is -0.143. The summed E-state index contributed by atoms with van der Waals surface area (Å²) in [6.07, 6.45) is -3.64. The second-order valence-corrected chi connectivity index (χ2v) is 6.11. The monoisotopic (exact) mass is 242 g/mol. The zero-order chi connectivity index (χ0) is 11.7. The second kappa shape index (κ2) is 4.03. The molecule has 0 aromatic rings. The van der Waals surface area contributed by atoms with E-state index in [-0.39, 0.29) is 18.6 Å². The van der Waals surface area contributed by atoms with Crippen LogP contribution in [0.25, 0.3) is 0 Å². The number of sulfone groups is 1. The van der Waals surface area contributed by atoms with Crippen molar-refractivity contribution >= 4 is 15.8 Å². The van der Waals surface area contributed by atoms with Gasteiger partial charge in [-0.3, -0.25) is 4.79 Å². The van der Waals surface area contributed by atoms with Crippen LogP contribution in [0.3, 0.4) is 0 Å². The van der Waals surface area contributed by atoms with Crippen molar-refractivity contribution in [2.45, 2.75) is 25.7 Å². The lowest BCUT2D eigenvalue weighted by Crippen LogP contribution is -2.43. The number of aliphatic carboxylic acids is 1. The highest BCUT2D eigenvalue weighted by molar-refractivity contribution is 7.91. The third-order valence-electron chi connectivity index (χ3n) is 2.60. The zero-order valence-corrected chi connectivity index (χ0v) is 8.77. The molecular formula is C8H12F2O4S. The molecule has 1 unspecified atom stereocenters. The summed E-state index contributed by atoms with van der Waals surface area (Å²) in [7, 11) is -3.52. The van der Waals surface area contributed by atoms with Crippen LogP contribution >= 0.6 is 0 Å². The summed E-state index contributed by atoms with van der Waals surface area (Å²) < 4.78 is 48.0. The van der Waals surface area contributed by atoms with Gasteiger partial charge in [0.25, 0.3) is 0 Å². The van der Waals surface area contributed by atoms with Crippen LogP contribution < -0.4 is 0 Å². The number of rotatable bonds is 3. The minimum atomic E-state index is -3.52. The van der Waals surface area contributed by atoms with Crippen molar-refractivity contribution in [1.29, 1.82) is 0 Å². The minimum Gasteiger partial charge on any atom is -0.481 e. The van der Waals surface area contributed by atoms with E-state index in [0.29, 0.717) is 0 Å². The smallest absolute Gasteiger partial charge is 0.304 e. The van der Waals surface area contributed by atoms with Crippen LogP contribution in [-0.2, 0) is 14.6 Å². The molecule has 0 aromatic carbocycles. The van der Waals surface area contributed by atoms with E-state index in [0.717, 1.165) is 0 Å². The van der Waals surface area contributed by atoms with E-state index in [4.69, 9.17) is 5.11 Å². The molecular weight excluding hydrogens is 230 g/mol. The van der Waals surface area contributed by atoms with E-state index in [9.17, 15) is 22.0 Å². The molecule has 0 spiro atoms. The lowest BCUT2D eigenvalue weighted by Gasteiger charge is -2.34. The van der Waals surface area contributed by atoms with Crippen LogP contribution in [0, 0.1) is 5.41 Å². The minimum absolute atomic E-state index is 0.0454. The number of hydrogen-bond acceptors (Lipinski definition) is 3. The van der Waals surface area contributed by atoms with Gasteiger partial charge in [-0.2, -0.15) is 0 Å². The van der Waals surface area contributed by atoms with Crippen molar-refractivity contribution in [2.75, 3.05) is 11.5 Å². The first kappa shape index (κ1) is 12.4. The van der Waals surface area contributed by atoms with Gasteiger partial charge in [-0.25, -0.2) is 17.2 Å². The van der Waals surface area contributed by atoms with E-state index >= 15 is 0 Å². The van der Waals surface area contributed by atoms with Gasteiger partial charge in [0.15, 0.2) is 9.84 Å². The molecule has 1 saturated heterocycles. The Morgan fingerprint density at radius 2 is 2.07 bits per heavy atom. The molecule has 1 rings (SSSR count). The van der Waals surface area contributed by atoms with E-state index < -0.39 is 39.8 Å². The Hall–Kier alpha value is -0.720. The molecule has 1 fully saturated rings. The predicted molar refractivity (Wildman–Crippen MR) is 48.6 cm³/mol. The van der Waals surface area contributed by atoms with Crippen molar-refractivity contribution in [3.8, 4) is 0 Å². The number of alkyl halides is 2. The maximum absolute atomic E-state index is 12.8. The van der Waals surface area contributed by atoms with E-state index in [1.807, 2.05) is 0 Å². The quantitative estimate of drug-likeness (QED) is 0.798. The molecule has 1 aliphatic rings. The highest BCUT2D eigenvalue weighted by Gasteiger charge is 2.47. The van der Waals surface area contributed by atoms with Gasteiger partial charge in [-0.05, 0) is 12.8 Å². The number of carbonyl (C=O) groups is 1. The Kier molecular flexibility index (Phi) is 3.32. The topological polar surface area (TPSA) is 71.4 Å². The number of halogens is 2. The van der Waals surface area contributed by atoms with Crippen LogP contribution in [0.1, 0.15) is 19.3 Å². The van der Waals surface area contributed by atoms with Crippen LogP contribution in [0.15, 0.2) is 0 Å². The summed E-state index contributed by atoms with van der Waals surface area (Å²) in [4.78, 5) is 10.5. The van der Waals surface area contributed by atoms with Gasteiger partial charge in [0.2, 0.25) is 6.43 Å². The first-order chi connectivity index (χ1) is 6.77. The maximum atomic E-state index is 12.8. The van der Waals surface area contributed by atoms with Crippen LogP contribution in [-0.4, -0.2) is 37.4 Å². The van der Waals surface area contributed by atoms with Gasteiger partial charge in [0.05, 0.1) is 23.3 Å². The lowest BCUT2D eigenvalue weighted by atomic mass is 9.82. The van der Waals surface area contributed by atoms with Crippen molar-refractivity contribution in [1.82, 2.24) is 0 Å². The summed E-state index contributed by atoms with van der Waals surface area (Å²) in [6, 6.07) is 0. The molecule has 1 N–H and O–H groups in total. The average molecular weight is 242 g/mol. The van der Waals surface area contributed by atoms with E-state index in [1.54, 1.807) is 0 Å². The van der Waals surface area contributed by atoms with Crippen LogP contribution in [0.2, 0.25) is 0 Å². The normalized spacial score (nSPS) is 30.3. The summed E-state index contributed by atoms with van der Waals surface area (Å²) in [5.74, 6) is -2.22. The van der Waals surface area contributed by atoms with Crippen molar-refractivity contribution in [2.24, 2.45) is 5.41 Å². The van der Waals surface area contributed by atoms with E-state index in [1.165, 1.54) is 0 Å².